The summed E-state index contributed by atoms with van der Waals surface area (Å²) in [7, 11) is 0. The molecule has 3 saturated heterocycles. The maximum atomic E-state index is 14.1. The third-order valence-corrected chi connectivity index (χ3v) is 7.44. The first-order valence-electron chi connectivity index (χ1n) is 10.6. The normalized spacial score (nSPS) is 30.2. The molecule has 0 saturated carbocycles. The van der Waals surface area contributed by atoms with E-state index in [1.54, 1.807) is 6.07 Å². The van der Waals surface area contributed by atoms with Crippen molar-refractivity contribution in [3.8, 4) is 0 Å². The lowest BCUT2D eigenvalue weighted by Gasteiger charge is -2.42. The summed E-state index contributed by atoms with van der Waals surface area (Å²) >= 11 is 0. The van der Waals surface area contributed by atoms with Crippen molar-refractivity contribution in [3.63, 3.8) is 0 Å². The predicted molar refractivity (Wildman–Crippen MR) is 101 cm³/mol. The van der Waals surface area contributed by atoms with Gasteiger partial charge in [-0.1, -0.05) is 12.1 Å². The summed E-state index contributed by atoms with van der Waals surface area (Å²) in [5, 5.41) is 0. The molecule has 0 N–H and O–H groups in total. The maximum Gasteiger partial charge on any atom is 0.251 e. The average Bonchev–Trinajstić information content (AvgIpc) is 3.43. The summed E-state index contributed by atoms with van der Waals surface area (Å²) in [6.07, 6.45) is 7.00. The summed E-state index contributed by atoms with van der Waals surface area (Å²) in [5.41, 5.74) is 2.42. The monoisotopic (exact) mass is 372 g/mol. The van der Waals surface area contributed by atoms with Crippen LogP contribution in [0.5, 0.6) is 0 Å². The first-order chi connectivity index (χ1) is 13.2. The van der Waals surface area contributed by atoms with E-state index in [-0.39, 0.29) is 23.2 Å². The third kappa shape index (κ3) is 3.09. The third-order valence-electron chi connectivity index (χ3n) is 7.44. The van der Waals surface area contributed by atoms with Crippen molar-refractivity contribution in [2.45, 2.75) is 57.1 Å². The van der Waals surface area contributed by atoms with Crippen molar-refractivity contribution in [1.29, 1.82) is 0 Å². The number of rotatable bonds is 2. The van der Waals surface area contributed by atoms with Crippen LogP contribution in [0.3, 0.4) is 0 Å². The fraction of sp³-hybridized carbons (Fsp3) is 0.682. The highest BCUT2D eigenvalue weighted by Gasteiger charge is 2.45. The van der Waals surface area contributed by atoms with Gasteiger partial charge in [0.15, 0.2) is 0 Å². The quantitative estimate of drug-likeness (QED) is 0.799. The van der Waals surface area contributed by atoms with Crippen molar-refractivity contribution < 1.29 is 13.9 Å². The Kier molecular flexibility index (Phi) is 4.47. The minimum absolute atomic E-state index is 0.0393. The number of piperidine rings is 1. The van der Waals surface area contributed by atoms with Crippen molar-refractivity contribution in [1.82, 2.24) is 9.80 Å². The van der Waals surface area contributed by atoms with Gasteiger partial charge in [-0.15, -0.1) is 0 Å². The van der Waals surface area contributed by atoms with Gasteiger partial charge in [-0.3, -0.25) is 9.69 Å². The standard InChI is InChI=1S/C22H29FN2O2/c23-18-4-1-3-17-16(18)6-7-19(17)24-11-8-22(9-12-24)10-13-25(15-22)21(26)20-5-2-14-27-20/h1,3-4,19-20H,2,5-15H2. The largest absolute Gasteiger partial charge is 0.368 e. The summed E-state index contributed by atoms with van der Waals surface area (Å²) in [6, 6.07) is 5.92. The number of fused-ring (bicyclic) bond motifs is 1. The first-order valence-corrected chi connectivity index (χ1v) is 10.6. The summed E-state index contributed by atoms with van der Waals surface area (Å²) < 4.78 is 19.7. The van der Waals surface area contributed by atoms with Crippen molar-refractivity contribution in [2.75, 3.05) is 32.8 Å². The van der Waals surface area contributed by atoms with E-state index in [1.807, 2.05) is 6.07 Å². The van der Waals surface area contributed by atoms with Crippen LogP contribution in [0.2, 0.25) is 0 Å². The highest BCUT2D eigenvalue weighted by Crippen LogP contribution is 2.45. The minimum Gasteiger partial charge on any atom is -0.368 e. The van der Waals surface area contributed by atoms with E-state index in [2.05, 4.69) is 15.9 Å². The number of hydrogen-bond donors (Lipinski definition) is 0. The molecule has 4 nitrogen and oxygen atoms in total. The van der Waals surface area contributed by atoms with Crippen LogP contribution in [0.25, 0.3) is 0 Å². The van der Waals surface area contributed by atoms with Crippen LogP contribution >= 0.6 is 0 Å². The van der Waals surface area contributed by atoms with Crippen molar-refractivity contribution >= 4 is 5.91 Å². The van der Waals surface area contributed by atoms with E-state index in [4.69, 9.17) is 4.74 Å². The number of carbonyl (C=O) groups excluding carboxylic acids is 1. The number of halogens is 1. The Morgan fingerprint density at radius 3 is 2.74 bits per heavy atom. The van der Waals surface area contributed by atoms with Gasteiger partial charge in [-0.25, -0.2) is 4.39 Å². The summed E-state index contributed by atoms with van der Waals surface area (Å²) in [6.45, 7) is 4.63. The molecule has 1 aromatic rings. The van der Waals surface area contributed by atoms with Crippen LogP contribution in [0.1, 0.15) is 55.7 Å². The van der Waals surface area contributed by atoms with Crippen molar-refractivity contribution in [2.24, 2.45) is 5.41 Å². The van der Waals surface area contributed by atoms with Crippen LogP contribution in [0, 0.1) is 11.2 Å². The minimum atomic E-state index is -0.190. The Morgan fingerprint density at radius 1 is 1.15 bits per heavy atom. The van der Waals surface area contributed by atoms with Gasteiger partial charge in [0.1, 0.15) is 11.9 Å². The maximum absolute atomic E-state index is 14.1. The Hall–Kier alpha value is -1.46. The molecule has 0 radical (unpaired) electrons. The van der Waals surface area contributed by atoms with Crippen LogP contribution in [0.4, 0.5) is 4.39 Å². The number of likely N-dealkylation sites (tertiary alicyclic amines) is 2. The second-order valence-electron chi connectivity index (χ2n) is 8.91. The first kappa shape index (κ1) is 17.6. The topological polar surface area (TPSA) is 32.8 Å². The van der Waals surface area contributed by atoms with E-state index < -0.39 is 0 Å². The molecule has 5 rings (SSSR count). The molecule has 1 aromatic carbocycles. The number of hydrogen-bond acceptors (Lipinski definition) is 3. The van der Waals surface area contributed by atoms with Gasteiger partial charge in [0.05, 0.1) is 0 Å². The predicted octanol–water partition coefficient (Wildman–Crippen LogP) is 3.31. The number of benzene rings is 1. The lowest BCUT2D eigenvalue weighted by molar-refractivity contribution is -0.140. The number of nitrogens with zero attached hydrogens (tertiary/aromatic N) is 2. The van der Waals surface area contributed by atoms with E-state index in [0.717, 1.165) is 83.3 Å². The summed E-state index contributed by atoms with van der Waals surface area (Å²) in [5.74, 6) is 0.176. The van der Waals surface area contributed by atoms with Gasteiger partial charge in [0.25, 0.3) is 5.91 Å². The molecule has 2 unspecified atom stereocenters. The molecule has 1 spiro atoms. The molecule has 1 aliphatic carbocycles. The molecule has 1 amide bonds. The molecule has 0 bridgehead atoms. The van der Waals surface area contributed by atoms with Gasteiger partial charge in [-0.2, -0.15) is 0 Å². The zero-order valence-corrected chi connectivity index (χ0v) is 16.0. The molecule has 3 aliphatic heterocycles. The van der Waals surface area contributed by atoms with Crippen molar-refractivity contribution in [3.05, 3.63) is 35.1 Å². The van der Waals surface area contributed by atoms with Gasteiger partial charge < -0.3 is 9.64 Å². The smallest absolute Gasteiger partial charge is 0.251 e. The summed E-state index contributed by atoms with van der Waals surface area (Å²) in [4.78, 5) is 17.3. The lowest BCUT2D eigenvalue weighted by atomic mass is 9.77. The highest BCUT2D eigenvalue weighted by atomic mass is 19.1. The molecule has 4 aliphatic rings. The molecule has 2 atom stereocenters. The van der Waals surface area contributed by atoms with Crippen LogP contribution in [-0.4, -0.2) is 54.6 Å². The Bertz CT molecular complexity index is 723. The van der Waals surface area contributed by atoms with E-state index in [1.165, 1.54) is 5.56 Å². The van der Waals surface area contributed by atoms with Crippen LogP contribution < -0.4 is 0 Å². The Morgan fingerprint density at radius 2 is 1.96 bits per heavy atom. The highest BCUT2D eigenvalue weighted by molar-refractivity contribution is 5.81. The molecular weight excluding hydrogens is 343 g/mol. The van der Waals surface area contributed by atoms with Gasteiger partial charge in [-0.05, 0) is 80.6 Å². The van der Waals surface area contributed by atoms with E-state index >= 15 is 0 Å². The van der Waals surface area contributed by atoms with E-state index in [9.17, 15) is 9.18 Å². The van der Waals surface area contributed by atoms with Crippen LogP contribution in [0.15, 0.2) is 18.2 Å². The fourth-order valence-electron chi connectivity index (χ4n) is 5.78. The second kappa shape index (κ2) is 6.85. The van der Waals surface area contributed by atoms with E-state index in [0.29, 0.717) is 6.04 Å². The molecule has 3 fully saturated rings. The SMILES string of the molecule is O=C(C1CCCO1)N1CCC2(CCN(C3CCc4c(F)cccc43)CC2)C1. The zero-order valence-electron chi connectivity index (χ0n) is 16.0. The Labute approximate surface area is 160 Å². The fourth-order valence-corrected chi connectivity index (χ4v) is 5.78. The number of amides is 1. The molecule has 3 heterocycles. The lowest BCUT2D eigenvalue weighted by Crippen LogP contribution is -2.44. The zero-order chi connectivity index (χ0) is 18.4. The molecule has 0 aromatic heterocycles. The van der Waals surface area contributed by atoms with Gasteiger partial charge in [0, 0.05) is 25.7 Å². The molecule has 27 heavy (non-hydrogen) atoms. The second-order valence-corrected chi connectivity index (χ2v) is 8.91. The average molecular weight is 372 g/mol. The molecular formula is C22H29FN2O2. The Balaban J connectivity index is 1.21. The molecule has 146 valence electrons. The number of carbonyl (C=O) groups is 1. The van der Waals surface area contributed by atoms with Crippen LogP contribution in [-0.2, 0) is 16.0 Å². The molecule has 5 heteroatoms. The van der Waals surface area contributed by atoms with Gasteiger partial charge >= 0.3 is 0 Å². The van der Waals surface area contributed by atoms with Gasteiger partial charge in [0.2, 0.25) is 0 Å². The number of ether oxygens (including phenoxy) is 1.